The molecule has 15 heavy (non-hydrogen) atoms. The van der Waals surface area contributed by atoms with Crippen molar-refractivity contribution in [2.75, 3.05) is 6.54 Å². The first-order valence-electron chi connectivity index (χ1n) is 5.80. The second-order valence-electron chi connectivity index (χ2n) is 6.00. The van der Waals surface area contributed by atoms with Crippen molar-refractivity contribution in [1.29, 1.82) is 0 Å². The van der Waals surface area contributed by atoms with E-state index in [0.29, 0.717) is 18.9 Å². The minimum absolute atomic E-state index is 0.0469. The Balaban J connectivity index is 2.36. The molecule has 1 aliphatic rings. The average Bonchev–Trinajstić information content (AvgIpc) is 2.83. The van der Waals surface area contributed by atoms with Crippen LogP contribution in [-0.2, 0) is 4.79 Å². The van der Waals surface area contributed by atoms with Gasteiger partial charge < -0.3 is 11.1 Å². The zero-order chi connectivity index (χ0) is 11.7. The molecule has 0 aromatic carbocycles. The van der Waals surface area contributed by atoms with E-state index < -0.39 is 0 Å². The molecule has 1 amide bonds. The molecular formula is C12H24N2O. The van der Waals surface area contributed by atoms with Gasteiger partial charge in [0.1, 0.15) is 0 Å². The summed E-state index contributed by atoms with van der Waals surface area (Å²) in [7, 11) is 0. The second-order valence-corrected chi connectivity index (χ2v) is 6.00. The number of carbonyl (C=O) groups excluding carboxylic acids is 1. The summed E-state index contributed by atoms with van der Waals surface area (Å²) in [6.45, 7) is 9.20. The van der Waals surface area contributed by atoms with E-state index in [1.54, 1.807) is 0 Å². The minimum Gasteiger partial charge on any atom is -0.349 e. The van der Waals surface area contributed by atoms with E-state index in [1.165, 1.54) is 0 Å². The fraction of sp³-hybridized carbons (Fsp3) is 0.917. The molecule has 1 aliphatic carbocycles. The Hall–Kier alpha value is -0.570. The van der Waals surface area contributed by atoms with Gasteiger partial charge in [0.15, 0.2) is 0 Å². The standard InChI is InChI=1S/C12H24N2O/c1-9(11(2,3)4)7-10(15)14-12(8-13)5-6-12/h9H,5-8,13H2,1-4H3,(H,14,15). The van der Waals surface area contributed by atoms with Crippen molar-refractivity contribution in [3.05, 3.63) is 0 Å². The van der Waals surface area contributed by atoms with Gasteiger partial charge in [0.2, 0.25) is 5.91 Å². The Morgan fingerprint density at radius 3 is 2.33 bits per heavy atom. The first-order chi connectivity index (χ1) is 6.79. The summed E-state index contributed by atoms with van der Waals surface area (Å²) in [4.78, 5) is 11.7. The van der Waals surface area contributed by atoms with Crippen LogP contribution in [0.4, 0.5) is 0 Å². The van der Waals surface area contributed by atoms with Gasteiger partial charge in [-0.1, -0.05) is 27.7 Å². The van der Waals surface area contributed by atoms with Crippen LogP contribution in [0.1, 0.15) is 47.0 Å². The average molecular weight is 212 g/mol. The lowest BCUT2D eigenvalue weighted by molar-refractivity contribution is -0.123. The molecule has 1 atom stereocenters. The Morgan fingerprint density at radius 1 is 1.47 bits per heavy atom. The number of nitrogens with one attached hydrogen (secondary N) is 1. The van der Waals surface area contributed by atoms with Gasteiger partial charge in [-0.3, -0.25) is 4.79 Å². The quantitative estimate of drug-likeness (QED) is 0.744. The largest absolute Gasteiger partial charge is 0.349 e. The number of hydrogen-bond acceptors (Lipinski definition) is 2. The van der Waals surface area contributed by atoms with E-state index >= 15 is 0 Å². The van der Waals surface area contributed by atoms with Crippen LogP contribution in [0.2, 0.25) is 0 Å². The molecule has 88 valence electrons. The lowest BCUT2D eigenvalue weighted by atomic mass is 9.80. The molecular weight excluding hydrogens is 188 g/mol. The third-order valence-electron chi connectivity index (χ3n) is 3.62. The highest BCUT2D eigenvalue weighted by atomic mass is 16.1. The lowest BCUT2D eigenvalue weighted by Crippen LogP contribution is -2.43. The van der Waals surface area contributed by atoms with Crippen LogP contribution in [-0.4, -0.2) is 18.0 Å². The summed E-state index contributed by atoms with van der Waals surface area (Å²) < 4.78 is 0. The molecule has 1 saturated carbocycles. The normalized spacial score (nSPS) is 20.9. The third kappa shape index (κ3) is 3.49. The number of nitrogens with two attached hydrogens (primary N) is 1. The third-order valence-corrected chi connectivity index (χ3v) is 3.62. The van der Waals surface area contributed by atoms with E-state index in [-0.39, 0.29) is 16.9 Å². The highest BCUT2D eigenvalue weighted by molar-refractivity contribution is 5.77. The molecule has 0 bridgehead atoms. The van der Waals surface area contributed by atoms with Crippen LogP contribution in [0.3, 0.4) is 0 Å². The van der Waals surface area contributed by atoms with E-state index in [2.05, 4.69) is 33.0 Å². The van der Waals surface area contributed by atoms with E-state index in [9.17, 15) is 4.79 Å². The Morgan fingerprint density at radius 2 is 2.00 bits per heavy atom. The van der Waals surface area contributed by atoms with Crippen molar-refractivity contribution < 1.29 is 4.79 Å². The predicted octanol–water partition coefficient (Wildman–Crippen LogP) is 1.67. The van der Waals surface area contributed by atoms with Gasteiger partial charge >= 0.3 is 0 Å². The van der Waals surface area contributed by atoms with E-state index in [4.69, 9.17) is 5.73 Å². The highest BCUT2D eigenvalue weighted by Gasteiger charge is 2.42. The lowest BCUT2D eigenvalue weighted by Gasteiger charge is -2.27. The highest BCUT2D eigenvalue weighted by Crippen LogP contribution is 2.35. The molecule has 0 spiro atoms. The first kappa shape index (κ1) is 12.5. The fourth-order valence-electron chi connectivity index (χ4n) is 1.46. The molecule has 0 aromatic heterocycles. The van der Waals surface area contributed by atoms with Crippen molar-refractivity contribution >= 4 is 5.91 Å². The summed E-state index contributed by atoms with van der Waals surface area (Å²) in [5.41, 5.74) is 5.76. The zero-order valence-corrected chi connectivity index (χ0v) is 10.4. The van der Waals surface area contributed by atoms with Gasteiger partial charge in [0.25, 0.3) is 0 Å². The van der Waals surface area contributed by atoms with Gasteiger partial charge in [0.05, 0.1) is 5.54 Å². The Kier molecular flexibility index (Phi) is 3.44. The topological polar surface area (TPSA) is 55.1 Å². The minimum atomic E-state index is -0.0469. The van der Waals surface area contributed by atoms with Crippen LogP contribution in [0.25, 0.3) is 0 Å². The second kappa shape index (κ2) is 4.12. The number of hydrogen-bond donors (Lipinski definition) is 2. The summed E-state index contributed by atoms with van der Waals surface area (Å²) in [6.07, 6.45) is 2.68. The van der Waals surface area contributed by atoms with Crippen LogP contribution in [0, 0.1) is 11.3 Å². The van der Waals surface area contributed by atoms with Gasteiger partial charge in [-0.25, -0.2) is 0 Å². The maximum atomic E-state index is 11.7. The maximum absolute atomic E-state index is 11.7. The molecule has 1 fully saturated rings. The number of carbonyl (C=O) groups is 1. The molecule has 0 saturated heterocycles. The molecule has 3 N–H and O–H groups in total. The summed E-state index contributed by atoms with van der Waals surface area (Å²) >= 11 is 0. The van der Waals surface area contributed by atoms with Crippen LogP contribution >= 0.6 is 0 Å². The number of rotatable bonds is 4. The van der Waals surface area contributed by atoms with Crippen molar-refractivity contribution in [1.82, 2.24) is 5.32 Å². The van der Waals surface area contributed by atoms with Gasteiger partial charge in [-0.05, 0) is 24.2 Å². The van der Waals surface area contributed by atoms with Crippen LogP contribution in [0.15, 0.2) is 0 Å². The van der Waals surface area contributed by atoms with Crippen LogP contribution in [0.5, 0.6) is 0 Å². The van der Waals surface area contributed by atoms with Crippen molar-refractivity contribution in [2.45, 2.75) is 52.5 Å². The molecule has 1 rings (SSSR count). The molecule has 0 radical (unpaired) electrons. The zero-order valence-electron chi connectivity index (χ0n) is 10.4. The number of amides is 1. The smallest absolute Gasteiger partial charge is 0.220 e. The van der Waals surface area contributed by atoms with Gasteiger partial charge in [-0.15, -0.1) is 0 Å². The predicted molar refractivity (Wildman–Crippen MR) is 62.4 cm³/mol. The maximum Gasteiger partial charge on any atom is 0.220 e. The first-order valence-corrected chi connectivity index (χ1v) is 5.80. The Bertz CT molecular complexity index is 238. The summed E-state index contributed by atoms with van der Waals surface area (Å²) in [6, 6.07) is 0. The monoisotopic (exact) mass is 212 g/mol. The van der Waals surface area contributed by atoms with E-state index in [1.807, 2.05) is 0 Å². The van der Waals surface area contributed by atoms with Crippen LogP contribution < -0.4 is 11.1 Å². The summed E-state index contributed by atoms with van der Waals surface area (Å²) in [5, 5.41) is 3.06. The molecule has 0 aromatic rings. The van der Waals surface area contributed by atoms with E-state index in [0.717, 1.165) is 12.8 Å². The van der Waals surface area contributed by atoms with Crippen molar-refractivity contribution in [3.8, 4) is 0 Å². The SMILES string of the molecule is CC(CC(=O)NC1(CN)CC1)C(C)(C)C. The fourth-order valence-corrected chi connectivity index (χ4v) is 1.46. The molecule has 0 aliphatic heterocycles. The molecule has 1 unspecified atom stereocenters. The molecule has 0 heterocycles. The van der Waals surface area contributed by atoms with Crippen molar-refractivity contribution in [3.63, 3.8) is 0 Å². The van der Waals surface area contributed by atoms with Gasteiger partial charge in [0, 0.05) is 13.0 Å². The molecule has 3 nitrogen and oxygen atoms in total. The molecule has 3 heteroatoms. The Labute approximate surface area is 92.8 Å². The van der Waals surface area contributed by atoms with Crippen molar-refractivity contribution in [2.24, 2.45) is 17.1 Å². The van der Waals surface area contributed by atoms with Gasteiger partial charge in [-0.2, -0.15) is 0 Å². The summed E-state index contributed by atoms with van der Waals surface area (Å²) in [5.74, 6) is 0.548.